The van der Waals surface area contributed by atoms with Crippen LogP contribution in [0.2, 0.25) is 0 Å². The van der Waals surface area contributed by atoms with Crippen molar-refractivity contribution in [3.8, 4) is 5.75 Å². The Morgan fingerprint density at radius 2 is 2.15 bits per heavy atom. The second-order valence-electron chi connectivity index (χ2n) is 2.36. The maximum Gasteiger partial charge on any atom is 0.341 e. The van der Waals surface area contributed by atoms with E-state index >= 15 is 0 Å². The lowest BCUT2D eigenvalue weighted by Crippen LogP contribution is -2.05. The molecular formula is C10H11O3. The van der Waals surface area contributed by atoms with Crippen LogP contribution in [-0.4, -0.2) is 12.6 Å². The van der Waals surface area contributed by atoms with Gasteiger partial charge in [-0.15, -0.1) is 0 Å². The van der Waals surface area contributed by atoms with Crippen molar-refractivity contribution in [1.82, 2.24) is 0 Å². The van der Waals surface area contributed by atoms with Crippen molar-refractivity contribution in [1.29, 1.82) is 0 Å². The number of hydrogen-bond donors (Lipinski definition) is 0. The zero-order chi connectivity index (χ0) is 9.68. The van der Waals surface area contributed by atoms with Gasteiger partial charge in [-0.2, -0.15) is 0 Å². The van der Waals surface area contributed by atoms with Crippen molar-refractivity contribution >= 4 is 5.97 Å². The van der Waals surface area contributed by atoms with Crippen molar-refractivity contribution in [3.63, 3.8) is 0 Å². The average Bonchev–Trinajstić information content (AvgIpc) is 2.18. The second-order valence-corrected chi connectivity index (χ2v) is 2.36. The Bertz CT molecular complexity index is 294. The highest BCUT2D eigenvalue weighted by molar-refractivity contribution is 5.92. The zero-order valence-corrected chi connectivity index (χ0v) is 7.45. The number of carbonyl (C=O) groups excluding carboxylic acids is 1. The highest BCUT2D eigenvalue weighted by Gasteiger charge is 2.11. The molecule has 1 radical (unpaired) electrons. The molecule has 0 fully saturated rings. The minimum atomic E-state index is -0.387. The van der Waals surface area contributed by atoms with E-state index in [4.69, 9.17) is 9.47 Å². The van der Waals surface area contributed by atoms with E-state index < -0.39 is 0 Å². The quantitative estimate of drug-likeness (QED) is 0.666. The molecule has 3 heteroatoms. The molecule has 0 N–H and O–H groups in total. The molecule has 0 amide bonds. The summed E-state index contributed by atoms with van der Waals surface area (Å²) in [5, 5.41) is 0. The lowest BCUT2D eigenvalue weighted by Gasteiger charge is -2.06. The van der Waals surface area contributed by atoms with Gasteiger partial charge in [-0.05, 0) is 19.1 Å². The molecule has 0 saturated carbocycles. The third-order valence-corrected chi connectivity index (χ3v) is 1.54. The first kappa shape index (κ1) is 9.58. The standard InChI is InChI=1S/C10H11O3/c1-3-13-10(11)8-6-4-5-7-9(8)12-2/h4-7H,2-3H2,1H3. The topological polar surface area (TPSA) is 35.5 Å². The fourth-order valence-electron chi connectivity index (χ4n) is 0.970. The Labute approximate surface area is 77.3 Å². The van der Waals surface area contributed by atoms with Crippen LogP contribution in [0.3, 0.4) is 0 Å². The molecule has 1 rings (SSSR count). The van der Waals surface area contributed by atoms with Crippen molar-refractivity contribution in [2.75, 3.05) is 6.61 Å². The van der Waals surface area contributed by atoms with Gasteiger partial charge in [0.1, 0.15) is 18.4 Å². The Balaban J connectivity index is 2.92. The van der Waals surface area contributed by atoms with E-state index in [1.54, 1.807) is 31.2 Å². The van der Waals surface area contributed by atoms with Crippen molar-refractivity contribution < 1.29 is 14.3 Å². The van der Waals surface area contributed by atoms with Gasteiger partial charge in [0, 0.05) is 0 Å². The molecule has 3 nitrogen and oxygen atoms in total. The van der Waals surface area contributed by atoms with Gasteiger partial charge in [0.2, 0.25) is 0 Å². The number of esters is 1. The fourth-order valence-corrected chi connectivity index (χ4v) is 0.970. The van der Waals surface area contributed by atoms with Crippen LogP contribution in [0, 0.1) is 7.11 Å². The average molecular weight is 179 g/mol. The van der Waals surface area contributed by atoms with Crippen LogP contribution >= 0.6 is 0 Å². The van der Waals surface area contributed by atoms with E-state index in [1.807, 2.05) is 0 Å². The second kappa shape index (κ2) is 4.50. The van der Waals surface area contributed by atoms with Gasteiger partial charge in [-0.25, -0.2) is 4.79 Å². The van der Waals surface area contributed by atoms with Crippen LogP contribution in [0.4, 0.5) is 0 Å². The number of carbonyl (C=O) groups is 1. The first-order valence-corrected chi connectivity index (χ1v) is 3.97. The van der Waals surface area contributed by atoms with E-state index in [0.717, 1.165) is 0 Å². The van der Waals surface area contributed by atoms with Crippen molar-refractivity contribution in [2.45, 2.75) is 6.92 Å². The molecular weight excluding hydrogens is 168 g/mol. The molecule has 1 aromatic rings. The number of rotatable bonds is 3. The first-order chi connectivity index (χ1) is 6.29. The summed E-state index contributed by atoms with van der Waals surface area (Å²) in [6.45, 7) is 2.11. The van der Waals surface area contributed by atoms with Crippen LogP contribution in [-0.2, 0) is 4.74 Å². The van der Waals surface area contributed by atoms with Gasteiger partial charge in [-0.3, -0.25) is 0 Å². The van der Waals surface area contributed by atoms with Crippen molar-refractivity contribution in [2.24, 2.45) is 0 Å². The van der Waals surface area contributed by atoms with E-state index in [1.165, 1.54) is 0 Å². The molecule has 0 bridgehead atoms. The van der Waals surface area contributed by atoms with E-state index in [9.17, 15) is 4.79 Å². The highest BCUT2D eigenvalue weighted by Crippen LogP contribution is 2.18. The minimum Gasteiger partial charge on any atom is -0.489 e. The van der Waals surface area contributed by atoms with Crippen LogP contribution in [0.15, 0.2) is 24.3 Å². The molecule has 0 aliphatic carbocycles. The van der Waals surface area contributed by atoms with E-state index in [2.05, 4.69) is 7.11 Å². The third kappa shape index (κ3) is 2.21. The number of benzene rings is 1. The van der Waals surface area contributed by atoms with Gasteiger partial charge in [0.15, 0.2) is 0 Å². The first-order valence-electron chi connectivity index (χ1n) is 3.97. The Morgan fingerprint density at radius 1 is 1.46 bits per heavy atom. The van der Waals surface area contributed by atoms with Crippen LogP contribution < -0.4 is 4.74 Å². The van der Waals surface area contributed by atoms with Crippen LogP contribution in [0.25, 0.3) is 0 Å². The molecule has 0 heterocycles. The summed E-state index contributed by atoms with van der Waals surface area (Å²) in [4.78, 5) is 11.3. The molecule has 0 unspecified atom stereocenters. The molecule has 0 aliphatic rings. The number of ether oxygens (including phenoxy) is 2. The summed E-state index contributed by atoms with van der Waals surface area (Å²) in [6.07, 6.45) is 0. The van der Waals surface area contributed by atoms with Gasteiger partial charge >= 0.3 is 5.97 Å². The predicted molar refractivity (Wildman–Crippen MR) is 48.4 cm³/mol. The largest absolute Gasteiger partial charge is 0.489 e. The smallest absolute Gasteiger partial charge is 0.341 e. The third-order valence-electron chi connectivity index (χ3n) is 1.54. The molecule has 0 aliphatic heterocycles. The summed E-state index contributed by atoms with van der Waals surface area (Å²) in [6, 6.07) is 6.82. The van der Waals surface area contributed by atoms with E-state index in [-0.39, 0.29) is 5.97 Å². The maximum atomic E-state index is 11.3. The fraction of sp³-hybridized carbons (Fsp3) is 0.200. The molecule has 0 saturated heterocycles. The van der Waals surface area contributed by atoms with Crippen molar-refractivity contribution in [3.05, 3.63) is 36.9 Å². The summed E-state index contributed by atoms with van der Waals surface area (Å²) in [5.41, 5.74) is 0.402. The maximum absolute atomic E-state index is 11.3. The van der Waals surface area contributed by atoms with Gasteiger partial charge < -0.3 is 9.47 Å². The lowest BCUT2D eigenvalue weighted by molar-refractivity contribution is 0.0523. The monoisotopic (exact) mass is 179 g/mol. The molecule has 0 spiro atoms. The normalized spacial score (nSPS) is 9.38. The Kier molecular flexibility index (Phi) is 3.31. The van der Waals surface area contributed by atoms with Gasteiger partial charge in [0.05, 0.1) is 6.61 Å². The predicted octanol–water partition coefficient (Wildman–Crippen LogP) is 2.03. The summed E-state index contributed by atoms with van der Waals surface area (Å²) < 4.78 is 9.59. The molecule has 1 aromatic carbocycles. The van der Waals surface area contributed by atoms with Crippen LogP contribution in [0.5, 0.6) is 5.75 Å². The molecule has 13 heavy (non-hydrogen) atoms. The summed E-state index contributed by atoms with van der Waals surface area (Å²) in [5.74, 6) is 0.0442. The van der Waals surface area contributed by atoms with Crippen LogP contribution in [0.1, 0.15) is 17.3 Å². The summed E-state index contributed by atoms with van der Waals surface area (Å²) >= 11 is 0. The Morgan fingerprint density at radius 3 is 2.77 bits per heavy atom. The molecule has 0 atom stereocenters. The van der Waals surface area contributed by atoms with E-state index in [0.29, 0.717) is 17.9 Å². The lowest BCUT2D eigenvalue weighted by atomic mass is 10.2. The zero-order valence-electron chi connectivity index (χ0n) is 7.45. The summed E-state index contributed by atoms with van der Waals surface area (Å²) in [7, 11) is 3.25. The number of para-hydroxylation sites is 1. The number of hydrogen-bond acceptors (Lipinski definition) is 3. The highest BCUT2D eigenvalue weighted by atomic mass is 16.5. The minimum absolute atomic E-state index is 0.351. The SMILES string of the molecule is [CH2]Oc1ccccc1C(=O)OCC. The Hall–Kier alpha value is -1.51. The van der Waals surface area contributed by atoms with Gasteiger partial charge in [-0.1, -0.05) is 12.1 Å². The van der Waals surface area contributed by atoms with Gasteiger partial charge in [0.25, 0.3) is 0 Å². The molecule has 0 aromatic heterocycles. The molecule has 69 valence electrons.